The molecule has 0 atom stereocenters. The van der Waals surface area contributed by atoms with Crippen molar-refractivity contribution in [2.45, 2.75) is 0 Å². The highest BCUT2D eigenvalue weighted by Crippen LogP contribution is 2.40. The summed E-state index contributed by atoms with van der Waals surface area (Å²) in [6, 6.07) is 58.3. The van der Waals surface area contributed by atoms with Gasteiger partial charge in [-0.3, -0.25) is 0 Å². The second kappa shape index (κ2) is 11.9. The minimum absolute atomic E-state index is 0.570. The van der Waals surface area contributed by atoms with Crippen molar-refractivity contribution in [3.05, 3.63) is 170 Å². The van der Waals surface area contributed by atoms with Gasteiger partial charge in [0.05, 0.1) is 0 Å². The Bertz CT molecular complexity index is 3540. The Kier molecular flexibility index (Phi) is 6.53. The minimum atomic E-state index is 0.570. The van der Waals surface area contributed by atoms with Crippen molar-refractivity contribution < 1.29 is 8.83 Å². The highest BCUT2D eigenvalue weighted by molar-refractivity contribution is 6.26. The number of hydrogen-bond acceptors (Lipinski definition) is 6. The van der Waals surface area contributed by atoms with Crippen LogP contribution >= 0.6 is 0 Å². The van der Waals surface area contributed by atoms with Gasteiger partial charge < -0.3 is 8.83 Å². The van der Waals surface area contributed by atoms with Gasteiger partial charge in [0, 0.05) is 43.8 Å². The van der Waals surface area contributed by atoms with E-state index in [0.29, 0.717) is 23.4 Å². The Hall–Kier alpha value is -7.70. The van der Waals surface area contributed by atoms with Crippen molar-refractivity contribution >= 4 is 76.1 Å². The van der Waals surface area contributed by atoms with Crippen LogP contribution in [0.2, 0.25) is 0 Å². The molecule has 12 aromatic rings. The van der Waals surface area contributed by atoms with Gasteiger partial charge in [-0.2, -0.15) is 0 Å². The van der Waals surface area contributed by atoms with Crippen LogP contribution in [0.3, 0.4) is 0 Å². The Morgan fingerprint density at radius 1 is 0.321 bits per heavy atom. The summed E-state index contributed by atoms with van der Waals surface area (Å²) in [5.41, 5.74) is 6.81. The van der Waals surface area contributed by atoms with Crippen LogP contribution in [0.15, 0.2) is 179 Å². The lowest BCUT2D eigenvalue weighted by Crippen LogP contribution is -2.00. The molecule has 260 valence electrons. The van der Waals surface area contributed by atoms with Gasteiger partial charge in [0.25, 0.3) is 0 Å². The number of para-hydroxylation sites is 1. The van der Waals surface area contributed by atoms with Crippen molar-refractivity contribution in [1.29, 1.82) is 0 Å². The normalized spacial score (nSPS) is 11.9. The van der Waals surface area contributed by atoms with Gasteiger partial charge in [-0.1, -0.05) is 121 Å². The molecule has 0 saturated carbocycles. The van der Waals surface area contributed by atoms with Crippen molar-refractivity contribution in [3.63, 3.8) is 0 Å². The number of benzene rings is 9. The van der Waals surface area contributed by atoms with Crippen LogP contribution in [0.4, 0.5) is 0 Å². The molecule has 0 saturated heterocycles. The Morgan fingerprint density at radius 2 is 0.911 bits per heavy atom. The third-order valence-corrected chi connectivity index (χ3v) is 10.9. The van der Waals surface area contributed by atoms with E-state index in [1.165, 1.54) is 0 Å². The van der Waals surface area contributed by atoms with Gasteiger partial charge >= 0.3 is 0 Å². The summed E-state index contributed by atoms with van der Waals surface area (Å²) < 4.78 is 12.9. The quantitative estimate of drug-likeness (QED) is 0.169. The minimum Gasteiger partial charge on any atom is -0.456 e. The largest absolute Gasteiger partial charge is 0.456 e. The molecular weight excluding hydrogens is 689 g/mol. The summed E-state index contributed by atoms with van der Waals surface area (Å²) in [6.07, 6.45) is 0. The maximum absolute atomic E-state index is 6.60. The molecule has 12 rings (SSSR count). The van der Waals surface area contributed by atoms with Crippen molar-refractivity contribution in [1.82, 2.24) is 19.9 Å². The van der Waals surface area contributed by atoms with E-state index in [4.69, 9.17) is 28.8 Å². The second-order valence-corrected chi connectivity index (χ2v) is 14.2. The molecule has 0 N–H and O–H groups in total. The van der Waals surface area contributed by atoms with E-state index >= 15 is 0 Å². The Morgan fingerprint density at radius 3 is 1.73 bits per heavy atom. The number of fused-ring (bicyclic) bond motifs is 11. The fourth-order valence-corrected chi connectivity index (χ4v) is 8.14. The summed E-state index contributed by atoms with van der Waals surface area (Å²) in [6.45, 7) is 0. The molecule has 0 spiro atoms. The van der Waals surface area contributed by atoms with E-state index in [1.807, 2.05) is 60.7 Å². The van der Waals surface area contributed by atoms with Crippen molar-refractivity contribution in [2.24, 2.45) is 0 Å². The molecule has 0 aliphatic carbocycles. The van der Waals surface area contributed by atoms with Crippen molar-refractivity contribution in [2.75, 3.05) is 0 Å². The van der Waals surface area contributed by atoms with E-state index in [1.54, 1.807) is 0 Å². The smallest absolute Gasteiger partial charge is 0.227 e. The molecule has 56 heavy (non-hydrogen) atoms. The Labute approximate surface area is 319 Å². The third kappa shape index (κ3) is 4.83. The van der Waals surface area contributed by atoms with E-state index in [9.17, 15) is 0 Å². The van der Waals surface area contributed by atoms with Crippen LogP contribution in [0.5, 0.6) is 0 Å². The monoisotopic (exact) mass is 716 g/mol. The van der Waals surface area contributed by atoms with Crippen LogP contribution < -0.4 is 0 Å². The highest BCUT2D eigenvalue weighted by Gasteiger charge is 2.18. The summed E-state index contributed by atoms with van der Waals surface area (Å²) in [7, 11) is 0. The number of aromatic nitrogens is 4. The summed E-state index contributed by atoms with van der Waals surface area (Å²) in [4.78, 5) is 20.3. The lowest BCUT2D eigenvalue weighted by atomic mass is 9.94. The van der Waals surface area contributed by atoms with Crippen LogP contribution in [-0.2, 0) is 0 Å². The maximum Gasteiger partial charge on any atom is 0.227 e. The van der Waals surface area contributed by atoms with Gasteiger partial charge in [-0.05, 0) is 80.8 Å². The predicted molar refractivity (Wildman–Crippen MR) is 226 cm³/mol. The third-order valence-electron chi connectivity index (χ3n) is 10.9. The molecule has 6 heteroatoms. The Balaban J connectivity index is 1.09. The first kappa shape index (κ1) is 30.7. The van der Waals surface area contributed by atoms with Gasteiger partial charge in [-0.25, -0.2) is 19.9 Å². The van der Waals surface area contributed by atoms with E-state index in [-0.39, 0.29) is 0 Å². The highest BCUT2D eigenvalue weighted by atomic mass is 16.3. The SMILES string of the molecule is c1ccc(-c2nc3ccc4ccc5ccc6ccc(-c7nc(-c8ccc9ccccc9c8)nc(-c8ccc9c(c8)oc8ccccc89)n7)cc6c5c4c3o2)cc1. The first-order valence-corrected chi connectivity index (χ1v) is 18.6. The van der Waals surface area contributed by atoms with Crippen LogP contribution in [0.1, 0.15) is 0 Å². The van der Waals surface area contributed by atoms with Gasteiger partial charge in [0.2, 0.25) is 5.89 Å². The average Bonchev–Trinajstić information content (AvgIpc) is 3.88. The maximum atomic E-state index is 6.60. The average molecular weight is 717 g/mol. The van der Waals surface area contributed by atoms with E-state index in [2.05, 4.69) is 109 Å². The van der Waals surface area contributed by atoms with E-state index < -0.39 is 0 Å². The summed E-state index contributed by atoms with van der Waals surface area (Å²) >= 11 is 0. The molecule has 0 bridgehead atoms. The van der Waals surface area contributed by atoms with Gasteiger partial charge in [-0.15, -0.1) is 0 Å². The second-order valence-electron chi connectivity index (χ2n) is 14.2. The lowest BCUT2D eigenvalue weighted by molar-refractivity contribution is 0.623. The first-order chi connectivity index (χ1) is 27.7. The summed E-state index contributed by atoms with van der Waals surface area (Å²) in [5.74, 6) is 2.35. The molecule has 6 nitrogen and oxygen atoms in total. The van der Waals surface area contributed by atoms with E-state index in [0.717, 1.165) is 98.4 Å². The molecule has 0 unspecified atom stereocenters. The number of rotatable bonds is 4. The first-order valence-electron chi connectivity index (χ1n) is 18.6. The fourth-order valence-electron chi connectivity index (χ4n) is 8.14. The lowest BCUT2D eigenvalue weighted by Gasteiger charge is -2.12. The molecule has 0 fully saturated rings. The molecule has 0 amide bonds. The standard InChI is InChI=1S/C50H28N4O2/c1-2-9-33(10-3-1)50-51-41-25-23-32-19-18-31-17-15-30-16-21-36(27-40(30)44(31)45(32)46(41)56-50)48-52-47(35-20-14-29-8-4-5-11-34(29)26-35)53-49(54-48)37-22-24-39-38-12-6-7-13-42(38)55-43(39)28-37/h1-28H. The van der Waals surface area contributed by atoms with Crippen LogP contribution in [0, 0.1) is 0 Å². The summed E-state index contributed by atoms with van der Waals surface area (Å²) in [5, 5.41) is 10.9. The van der Waals surface area contributed by atoms with Gasteiger partial charge in [0.1, 0.15) is 16.7 Å². The van der Waals surface area contributed by atoms with Crippen LogP contribution in [0.25, 0.3) is 122 Å². The molecule has 3 aromatic heterocycles. The molecule has 0 radical (unpaired) electrons. The number of oxazole rings is 1. The van der Waals surface area contributed by atoms with Gasteiger partial charge in [0.15, 0.2) is 23.1 Å². The van der Waals surface area contributed by atoms with Crippen molar-refractivity contribution in [3.8, 4) is 45.6 Å². The number of nitrogens with zero attached hydrogens (tertiary/aromatic N) is 4. The molecule has 3 heterocycles. The number of hydrogen-bond donors (Lipinski definition) is 0. The topological polar surface area (TPSA) is 77.8 Å². The molecule has 9 aromatic carbocycles. The zero-order valence-electron chi connectivity index (χ0n) is 29.8. The number of furan rings is 1. The zero-order chi connectivity index (χ0) is 36.7. The molecule has 0 aliphatic heterocycles. The fraction of sp³-hybridized carbons (Fsp3) is 0. The zero-order valence-corrected chi connectivity index (χ0v) is 29.8. The molecular formula is C50H28N4O2. The van der Waals surface area contributed by atoms with Crippen LogP contribution in [-0.4, -0.2) is 19.9 Å². The molecule has 0 aliphatic rings. The predicted octanol–water partition coefficient (Wildman–Crippen LogP) is 13.2.